The largest absolute Gasteiger partial charge is 0.490 e. The van der Waals surface area contributed by atoms with Crippen LogP contribution in [0.2, 0.25) is 0 Å². The number of amides is 1. The van der Waals surface area contributed by atoms with Crippen LogP contribution in [-0.4, -0.2) is 29.3 Å². The fourth-order valence-electron chi connectivity index (χ4n) is 4.19. The SMILES string of the molecule is CCOc1cc([C@@H]2c3c(oc4ccccc4c3=O)C(=O)N2c2nncs2)ccc1OCCC(C)C. The van der Waals surface area contributed by atoms with Crippen molar-refractivity contribution in [1.82, 2.24) is 10.2 Å². The third kappa shape index (κ3) is 4.16. The van der Waals surface area contributed by atoms with E-state index in [1.54, 1.807) is 29.8 Å². The van der Waals surface area contributed by atoms with Gasteiger partial charge < -0.3 is 13.9 Å². The van der Waals surface area contributed by atoms with Crippen LogP contribution in [0.4, 0.5) is 5.13 Å². The lowest BCUT2D eigenvalue weighted by atomic mass is 9.98. The Morgan fingerprint density at radius 3 is 2.69 bits per heavy atom. The fourth-order valence-corrected chi connectivity index (χ4v) is 4.78. The van der Waals surface area contributed by atoms with E-state index in [1.807, 2.05) is 25.1 Å². The summed E-state index contributed by atoms with van der Waals surface area (Å²) in [6, 6.07) is 11.7. The lowest BCUT2D eigenvalue weighted by molar-refractivity contribution is 0.0970. The lowest BCUT2D eigenvalue weighted by Crippen LogP contribution is -2.29. The molecule has 0 saturated carbocycles. The standard InChI is InChI=1S/C26H25N3O5S/c1-4-32-20-13-16(9-10-19(20)33-12-11-15(2)3)22-21-23(30)17-7-5-6-8-18(17)34-24(21)25(31)29(22)26-28-27-14-35-26/h5-10,13-15,22H,4,11-12H2,1-3H3/t22-/m1/s1. The Kier molecular flexibility index (Phi) is 6.25. The predicted octanol–water partition coefficient (Wildman–Crippen LogP) is 5.22. The molecule has 0 radical (unpaired) electrons. The maximum absolute atomic E-state index is 13.6. The molecule has 0 spiro atoms. The molecule has 0 bridgehead atoms. The summed E-state index contributed by atoms with van der Waals surface area (Å²) >= 11 is 1.22. The smallest absolute Gasteiger partial charge is 0.297 e. The van der Waals surface area contributed by atoms with Crippen LogP contribution in [0.1, 0.15) is 54.9 Å². The third-order valence-corrected chi connectivity index (χ3v) is 6.56. The van der Waals surface area contributed by atoms with Crippen LogP contribution < -0.4 is 19.8 Å². The number of aromatic nitrogens is 2. The summed E-state index contributed by atoms with van der Waals surface area (Å²) in [5.74, 6) is 1.27. The Morgan fingerprint density at radius 1 is 1.11 bits per heavy atom. The molecule has 9 heteroatoms. The van der Waals surface area contributed by atoms with Gasteiger partial charge in [0.1, 0.15) is 11.1 Å². The van der Waals surface area contributed by atoms with Gasteiger partial charge in [0.2, 0.25) is 10.9 Å². The van der Waals surface area contributed by atoms with Gasteiger partial charge in [0.25, 0.3) is 5.91 Å². The first-order valence-corrected chi connectivity index (χ1v) is 12.4. The second-order valence-electron chi connectivity index (χ2n) is 8.64. The molecule has 0 aliphatic carbocycles. The van der Waals surface area contributed by atoms with Crippen molar-refractivity contribution in [3.63, 3.8) is 0 Å². The average molecular weight is 492 g/mol. The maximum Gasteiger partial charge on any atom is 0.297 e. The maximum atomic E-state index is 13.6. The van der Waals surface area contributed by atoms with E-state index in [9.17, 15) is 9.59 Å². The quantitative estimate of drug-likeness (QED) is 0.334. The highest BCUT2D eigenvalue weighted by Gasteiger charge is 2.45. The molecule has 2 aromatic carbocycles. The minimum Gasteiger partial charge on any atom is -0.490 e. The second kappa shape index (κ2) is 9.50. The average Bonchev–Trinajstić information content (AvgIpc) is 3.47. The fraction of sp³-hybridized carbons (Fsp3) is 0.308. The van der Waals surface area contributed by atoms with Gasteiger partial charge in [-0.15, -0.1) is 10.2 Å². The van der Waals surface area contributed by atoms with Crippen molar-refractivity contribution >= 4 is 33.3 Å². The van der Waals surface area contributed by atoms with Gasteiger partial charge in [0.15, 0.2) is 16.9 Å². The number of nitrogens with zero attached hydrogens (tertiary/aromatic N) is 3. The lowest BCUT2D eigenvalue weighted by Gasteiger charge is -2.23. The molecule has 1 atom stereocenters. The molecular formula is C26H25N3O5S. The Balaban J connectivity index is 1.66. The van der Waals surface area contributed by atoms with E-state index in [0.717, 1.165) is 6.42 Å². The van der Waals surface area contributed by atoms with E-state index in [2.05, 4.69) is 24.0 Å². The van der Waals surface area contributed by atoms with Gasteiger partial charge in [0.05, 0.1) is 30.2 Å². The van der Waals surface area contributed by atoms with Gasteiger partial charge in [-0.1, -0.05) is 43.4 Å². The zero-order valence-corrected chi connectivity index (χ0v) is 20.5. The topological polar surface area (TPSA) is 94.8 Å². The van der Waals surface area contributed by atoms with Gasteiger partial charge >= 0.3 is 0 Å². The number of hydrogen-bond donors (Lipinski definition) is 0. The van der Waals surface area contributed by atoms with Gasteiger partial charge in [-0.05, 0) is 49.1 Å². The minimum absolute atomic E-state index is 0.0177. The molecule has 0 N–H and O–H groups in total. The van der Waals surface area contributed by atoms with Crippen molar-refractivity contribution in [2.45, 2.75) is 33.2 Å². The summed E-state index contributed by atoms with van der Waals surface area (Å²) in [5, 5.41) is 8.81. The molecule has 1 aliphatic rings. The third-order valence-electron chi connectivity index (χ3n) is 5.87. The molecule has 1 amide bonds. The van der Waals surface area contributed by atoms with Crippen molar-refractivity contribution in [2.75, 3.05) is 18.1 Å². The highest BCUT2D eigenvalue weighted by atomic mass is 32.1. The van der Waals surface area contributed by atoms with Crippen LogP contribution in [0.15, 0.2) is 57.2 Å². The van der Waals surface area contributed by atoms with Crippen LogP contribution in [0.3, 0.4) is 0 Å². The van der Waals surface area contributed by atoms with E-state index in [4.69, 9.17) is 13.9 Å². The molecule has 4 aromatic rings. The van der Waals surface area contributed by atoms with E-state index < -0.39 is 11.9 Å². The molecule has 3 heterocycles. The second-order valence-corrected chi connectivity index (χ2v) is 9.45. The van der Waals surface area contributed by atoms with E-state index >= 15 is 0 Å². The number of ether oxygens (including phenoxy) is 2. The molecule has 180 valence electrons. The molecular weight excluding hydrogens is 466 g/mol. The van der Waals surface area contributed by atoms with Crippen LogP contribution in [0.5, 0.6) is 11.5 Å². The molecule has 0 saturated heterocycles. The van der Waals surface area contributed by atoms with Gasteiger partial charge in [-0.25, -0.2) is 0 Å². The van der Waals surface area contributed by atoms with Crippen molar-refractivity contribution in [1.29, 1.82) is 0 Å². The van der Waals surface area contributed by atoms with Crippen LogP contribution in [0.25, 0.3) is 11.0 Å². The predicted molar refractivity (Wildman–Crippen MR) is 134 cm³/mol. The Morgan fingerprint density at radius 2 is 1.94 bits per heavy atom. The van der Waals surface area contributed by atoms with Gasteiger partial charge in [0, 0.05) is 0 Å². The van der Waals surface area contributed by atoms with Gasteiger partial charge in [-0.3, -0.25) is 14.5 Å². The number of para-hydroxylation sites is 1. The highest BCUT2D eigenvalue weighted by Crippen LogP contribution is 2.43. The van der Waals surface area contributed by atoms with Crippen molar-refractivity contribution < 1.29 is 18.7 Å². The van der Waals surface area contributed by atoms with E-state index in [0.29, 0.717) is 52.3 Å². The number of carbonyl (C=O) groups excluding carboxylic acids is 1. The number of hydrogen-bond acceptors (Lipinski definition) is 8. The number of benzene rings is 2. The monoisotopic (exact) mass is 491 g/mol. The molecule has 35 heavy (non-hydrogen) atoms. The van der Waals surface area contributed by atoms with Crippen LogP contribution >= 0.6 is 11.3 Å². The Bertz CT molecular complexity index is 1430. The summed E-state index contributed by atoms with van der Waals surface area (Å²) in [6.45, 7) is 7.18. The molecule has 1 aliphatic heterocycles. The van der Waals surface area contributed by atoms with Crippen molar-refractivity contribution in [3.05, 3.63) is 75.1 Å². The summed E-state index contributed by atoms with van der Waals surface area (Å²) in [6.07, 6.45) is 0.913. The zero-order valence-electron chi connectivity index (χ0n) is 19.7. The van der Waals surface area contributed by atoms with Crippen molar-refractivity contribution in [2.24, 2.45) is 5.92 Å². The summed E-state index contributed by atoms with van der Waals surface area (Å²) in [7, 11) is 0. The molecule has 0 unspecified atom stereocenters. The first-order valence-electron chi connectivity index (χ1n) is 11.5. The zero-order chi connectivity index (χ0) is 24.5. The van der Waals surface area contributed by atoms with Gasteiger partial charge in [-0.2, -0.15) is 0 Å². The summed E-state index contributed by atoms with van der Waals surface area (Å²) < 4.78 is 17.8. The van der Waals surface area contributed by atoms with E-state index in [-0.39, 0.29) is 16.8 Å². The van der Waals surface area contributed by atoms with Crippen LogP contribution in [0, 0.1) is 5.92 Å². The first kappa shape index (κ1) is 23.0. The number of anilines is 1. The Labute approximate surface area is 206 Å². The van der Waals surface area contributed by atoms with E-state index in [1.165, 1.54) is 16.2 Å². The summed E-state index contributed by atoms with van der Waals surface area (Å²) in [4.78, 5) is 28.6. The first-order chi connectivity index (χ1) is 17.0. The molecule has 5 rings (SSSR count). The number of carbonyl (C=O) groups is 1. The Hall–Kier alpha value is -3.72. The minimum atomic E-state index is -0.741. The number of fused-ring (bicyclic) bond motifs is 2. The highest BCUT2D eigenvalue weighted by molar-refractivity contribution is 7.13. The van der Waals surface area contributed by atoms with Crippen LogP contribution in [-0.2, 0) is 0 Å². The number of rotatable bonds is 8. The molecule has 0 fully saturated rings. The summed E-state index contributed by atoms with van der Waals surface area (Å²) in [5.41, 5.74) is 2.63. The van der Waals surface area contributed by atoms with Crippen molar-refractivity contribution in [3.8, 4) is 11.5 Å². The molecule has 2 aromatic heterocycles. The normalized spacial score (nSPS) is 15.1. The molecule has 8 nitrogen and oxygen atoms in total.